The second-order valence-corrected chi connectivity index (χ2v) is 3.81. The number of H-pyrrole nitrogens is 1. The third-order valence-electron chi connectivity index (χ3n) is 2.18. The van der Waals surface area contributed by atoms with Gasteiger partial charge in [0, 0.05) is 0 Å². The van der Waals surface area contributed by atoms with E-state index >= 15 is 0 Å². The van der Waals surface area contributed by atoms with Gasteiger partial charge in [-0.15, -0.1) is 0 Å². The molecule has 1 aromatic heterocycles. The molecule has 4 nitrogen and oxygen atoms in total. The second kappa shape index (κ2) is 4.57. The zero-order chi connectivity index (χ0) is 11.5. The lowest BCUT2D eigenvalue weighted by molar-refractivity contribution is -0.142. The fraction of sp³-hybridized carbons (Fsp3) is 0.273. The molecule has 1 N–H and O–H groups in total. The fourth-order valence-corrected chi connectivity index (χ4v) is 1.63. The van der Waals surface area contributed by atoms with Crippen LogP contribution in [0, 0.1) is 0 Å². The number of rotatable bonds is 3. The number of esters is 1. The van der Waals surface area contributed by atoms with Crippen molar-refractivity contribution in [1.29, 1.82) is 0 Å². The highest BCUT2D eigenvalue weighted by atomic mass is 32.1. The molecule has 0 radical (unpaired) electrons. The maximum absolute atomic E-state index is 11.5. The van der Waals surface area contributed by atoms with Gasteiger partial charge < -0.3 is 9.72 Å². The van der Waals surface area contributed by atoms with Crippen LogP contribution >= 0.6 is 12.6 Å². The van der Waals surface area contributed by atoms with Gasteiger partial charge in [0.1, 0.15) is 5.82 Å². The van der Waals surface area contributed by atoms with Gasteiger partial charge >= 0.3 is 5.97 Å². The number of imidazole rings is 1. The number of fused-ring (bicyclic) bond motifs is 1. The Balaban J connectivity index is 2.29. The van der Waals surface area contributed by atoms with Gasteiger partial charge in [-0.25, -0.2) is 4.98 Å². The molecule has 84 valence electrons. The van der Waals surface area contributed by atoms with Crippen LogP contribution in [0.25, 0.3) is 11.0 Å². The zero-order valence-electron chi connectivity index (χ0n) is 8.80. The number of benzene rings is 1. The minimum atomic E-state index is -0.660. The Labute approximate surface area is 98.4 Å². The van der Waals surface area contributed by atoms with Crippen LogP contribution in [0.3, 0.4) is 0 Å². The van der Waals surface area contributed by atoms with E-state index in [-0.39, 0.29) is 5.97 Å². The van der Waals surface area contributed by atoms with E-state index in [2.05, 4.69) is 22.6 Å². The van der Waals surface area contributed by atoms with Gasteiger partial charge in [-0.2, -0.15) is 12.6 Å². The number of para-hydroxylation sites is 2. The number of aromatic nitrogens is 2. The Bertz CT molecular complexity index is 476. The van der Waals surface area contributed by atoms with Crippen molar-refractivity contribution >= 4 is 29.6 Å². The van der Waals surface area contributed by atoms with Gasteiger partial charge in [0.05, 0.1) is 17.6 Å². The first-order chi connectivity index (χ1) is 7.72. The summed E-state index contributed by atoms with van der Waals surface area (Å²) in [5.74, 6) is 0.132. The Morgan fingerprint density at radius 1 is 1.56 bits per heavy atom. The number of hydrogen-bond acceptors (Lipinski definition) is 4. The van der Waals surface area contributed by atoms with Crippen molar-refractivity contribution in [2.75, 3.05) is 6.61 Å². The molecular formula is C11H12N2O2S. The predicted octanol–water partition coefficient (Wildman–Crippen LogP) is 2.10. The van der Waals surface area contributed by atoms with E-state index in [1.165, 1.54) is 0 Å². The Hall–Kier alpha value is -1.49. The van der Waals surface area contributed by atoms with E-state index in [4.69, 9.17) is 4.74 Å². The maximum atomic E-state index is 11.5. The summed E-state index contributed by atoms with van der Waals surface area (Å²) in [6.45, 7) is 2.10. The van der Waals surface area contributed by atoms with Crippen LogP contribution in [0.4, 0.5) is 0 Å². The molecule has 0 amide bonds. The molecule has 0 aliphatic heterocycles. The molecule has 0 fully saturated rings. The molecule has 5 heteroatoms. The van der Waals surface area contributed by atoms with Crippen molar-refractivity contribution in [2.45, 2.75) is 12.2 Å². The lowest BCUT2D eigenvalue weighted by Gasteiger charge is -2.05. The number of aromatic amines is 1. The van der Waals surface area contributed by atoms with Crippen molar-refractivity contribution in [1.82, 2.24) is 9.97 Å². The molecule has 0 aliphatic rings. The molecule has 2 rings (SSSR count). The van der Waals surface area contributed by atoms with E-state index in [0.29, 0.717) is 12.4 Å². The SMILES string of the molecule is CCOC(=O)C(S)c1nc2ccccc2[nH]1. The highest BCUT2D eigenvalue weighted by Gasteiger charge is 2.20. The summed E-state index contributed by atoms with van der Waals surface area (Å²) in [7, 11) is 0. The highest BCUT2D eigenvalue weighted by molar-refractivity contribution is 7.81. The Morgan fingerprint density at radius 3 is 3.00 bits per heavy atom. The largest absolute Gasteiger partial charge is 0.465 e. The monoisotopic (exact) mass is 236 g/mol. The van der Waals surface area contributed by atoms with Gasteiger partial charge in [0.25, 0.3) is 0 Å². The number of nitrogens with zero attached hydrogens (tertiary/aromatic N) is 1. The summed E-state index contributed by atoms with van der Waals surface area (Å²) in [5, 5.41) is -0.660. The first kappa shape index (κ1) is 11.0. The topological polar surface area (TPSA) is 55.0 Å². The molecule has 0 spiro atoms. The molecule has 0 bridgehead atoms. The Kier molecular flexibility index (Phi) is 3.14. The smallest absolute Gasteiger partial charge is 0.326 e. The first-order valence-electron chi connectivity index (χ1n) is 5.01. The lowest BCUT2D eigenvalue weighted by Crippen LogP contribution is -2.12. The van der Waals surface area contributed by atoms with E-state index in [9.17, 15) is 4.79 Å². The summed E-state index contributed by atoms with van der Waals surface area (Å²) in [4.78, 5) is 18.8. The normalized spacial score (nSPS) is 12.6. The molecule has 0 aliphatic carbocycles. The van der Waals surface area contributed by atoms with Crippen LogP contribution in [-0.4, -0.2) is 22.5 Å². The Morgan fingerprint density at radius 2 is 2.31 bits per heavy atom. The van der Waals surface area contributed by atoms with Gasteiger partial charge in [-0.1, -0.05) is 12.1 Å². The first-order valence-corrected chi connectivity index (χ1v) is 5.53. The maximum Gasteiger partial charge on any atom is 0.326 e. The van der Waals surface area contributed by atoms with E-state index < -0.39 is 5.25 Å². The fourth-order valence-electron chi connectivity index (χ4n) is 1.43. The standard InChI is InChI=1S/C11H12N2O2S/c1-2-15-11(14)9(16)10-12-7-5-3-4-6-8(7)13-10/h3-6,9,16H,2H2,1H3,(H,12,13). The molecule has 1 unspecified atom stereocenters. The molecule has 16 heavy (non-hydrogen) atoms. The summed E-state index contributed by atoms with van der Waals surface area (Å²) < 4.78 is 4.88. The third-order valence-corrected chi connectivity index (χ3v) is 2.63. The molecular weight excluding hydrogens is 224 g/mol. The average Bonchev–Trinajstić information content (AvgIpc) is 2.71. The zero-order valence-corrected chi connectivity index (χ0v) is 9.70. The van der Waals surface area contributed by atoms with Gasteiger partial charge in [-0.05, 0) is 19.1 Å². The third kappa shape index (κ3) is 2.04. The molecule has 0 saturated heterocycles. The number of carbonyl (C=O) groups is 1. The van der Waals surface area contributed by atoms with Crippen molar-refractivity contribution < 1.29 is 9.53 Å². The lowest BCUT2D eigenvalue weighted by atomic mass is 10.3. The molecule has 1 aromatic carbocycles. The molecule has 1 atom stereocenters. The van der Waals surface area contributed by atoms with Crippen LogP contribution in [0.15, 0.2) is 24.3 Å². The predicted molar refractivity (Wildman–Crippen MR) is 64.5 cm³/mol. The molecule has 2 aromatic rings. The van der Waals surface area contributed by atoms with Crippen LogP contribution in [0.1, 0.15) is 18.0 Å². The van der Waals surface area contributed by atoms with E-state index in [1.807, 2.05) is 24.3 Å². The number of ether oxygens (including phenoxy) is 1. The number of nitrogens with one attached hydrogen (secondary N) is 1. The minimum Gasteiger partial charge on any atom is -0.465 e. The minimum absolute atomic E-state index is 0.343. The summed E-state index contributed by atoms with van der Waals surface area (Å²) >= 11 is 4.19. The van der Waals surface area contributed by atoms with Crippen molar-refractivity contribution in [3.8, 4) is 0 Å². The van der Waals surface area contributed by atoms with Crippen LogP contribution in [0.5, 0.6) is 0 Å². The number of thiol groups is 1. The van der Waals surface area contributed by atoms with Gasteiger partial charge in [-0.3, -0.25) is 4.79 Å². The summed E-state index contributed by atoms with van der Waals surface area (Å²) in [5.41, 5.74) is 1.71. The highest BCUT2D eigenvalue weighted by Crippen LogP contribution is 2.21. The van der Waals surface area contributed by atoms with Gasteiger partial charge in [0.15, 0.2) is 5.25 Å². The molecule has 1 heterocycles. The van der Waals surface area contributed by atoms with E-state index in [0.717, 1.165) is 11.0 Å². The second-order valence-electron chi connectivity index (χ2n) is 3.29. The summed E-state index contributed by atoms with van der Waals surface area (Å²) in [6, 6.07) is 7.57. The van der Waals surface area contributed by atoms with Crippen molar-refractivity contribution in [2.24, 2.45) is 0 Å². The quantitative estimate of drug-likeness (QED) is 0.634. The average molecular weight is 236 g/mol. The number of hydrogen-bond donors (Lipinski definition) is 2. The van der Waals surface area contributed by atoms with Gasteiger partial charge in [0.2, 0.25) is 0 Å². The van der Waals surface area contributed by atoms with E-state index in [1.54, 1.807) is 6.92 Å². The van der Waals surface area contributed by atoms with Crippen LogP contribution in [-0.2, 0) is 9.53 Å². The van der Waals surface area contributed by atoms with Crippen LogP contribution in [0.2, 0.25) is 0 Å². The van der Waals surface area contributed by atoms with Crippen molar-refractivity contribution in [3.05, 3.63) is 30.1 Å². The number of carbonyl (C=O) groups excluding carboxylic acids is 1. The van der Waals surface area contributed by atoms with Crippen molar-refractivity contribution in [3.63, 3.8) is 0 Å². The molecule has 0 saturated carbocycles. The summed E-state index contributed by atoms with van der Waals surface area (Å²) in [6.07, 6.45) is 0. The van der Waals surface area contributed by atoms with Crippen LogP contribution < -0.4 is 0 Å².